The molecule has 0 bridgehead atoms. The van der Waals surface area contributed by atoms with Gasteiger partial charge in [-0.3, -0.25) is 0 Å². The van der Waals surface area contributed by atoms with Gasteiger partial charge in [-0.15, -0.1) is 22.7 Å². The van der Waals surface area contributed by atoms with Crippen LogP contribution in [0.4, 0.5) is 5.82 Å². The molecule has 92 valence electrons. The van der Waals surface area contributed by atoms with Gasteiger partial charge in [-0.1, -0.05) is 6.92 Å². The second kappa shape index (κ2) is 4.99. The number of thiophene rings is 1. The van der Waals surface area contributed by atoms with E-state index >= 15 is 0 Å². The van der Waals surface area contributed by atoms with Gasteiger partial charge in [-0.05, 0) is 11.4 Å². The summed E-state index contributed by atoms with van der Waals surface area (Å²) in [6.07, 6.45) is 3.45. The highest BCUT2D eigenvalue weighted by Gasteiger charge is 2.10. The summed E-state index contributed by atoms with van der Waals surface area (Å²) in [5.41, 5.74) is 0. The van der Waals surface area contributed by atoms with Gasteiger partial charge < -0.3 is 5.32 Å². The van der Waals surface area contributed by atoms with Gasteiger partial charge in [-0.25, -0.2) is 15.0 Å². The maximum atomic E-state index is 4.33. The molecule has 1 unspecified atom stereocenters. The van der Waals surface area contributed by atoms with Crippen LogP contribution in [-0.2, 0) is 0 Å². The van der Waals surface area contributed by atoms with E-state index < -0.39 is 0 Å². The van der Waals surface area contributed by atoms with Crippen LogP contribution in [0.1, 0.15) is 17.8 Å². The van der Waals surface area contributed by atoms with Crippen molar-refractivity contribution in [3.05, 3.63) is 34.4 Å². The Labute approximate surface area is 113 Å². The molecule has 0 radical (unpaired) electrons. The first-order valence-corrected chi connectivity index (χ1v) is 7.42. The zero-order valence-electron chi connectivity index (χ0n) is 9.83. The van der Waals surface area contributed by atoms with Crippen molar-refractivity contribution in [1.82, 2.24) is 15.0 Å². The topological polar surface area (TPSA) is 50.7 Å². The van der Waals surface area contributed by atoms with Gasteiger partial charge >= 0.3 is 0 Å². The second-order valence-corrected chi connectivity index (χ2v) is 5.83. The predicted octanol–water partition coefficient (Wildman–Crippen LogP) is 3.36. The fraction of sp³-hybridized carbons (Fsp3) is 0.250. The summed E-state index contributed by atoms with van der Waals surface area (Å²) >= 11 is 3.32. The van der Waals surface area contributed by atoms with Gasteiger partial charge in [0.25, 0.3) is 0 Å². The number of hydrogen-bond donors (Lipinski definition) is 1. The van der Waals surface area contributed by atoms with Crippen LogP contribution >= 0.6 is 22.7 Å². The summed E-state index contributed by atoms with van der Waals surface area (Å²) in [5.74, 6) is 1.29. The van der Waals surface area contributed by atoms with Gasteiger partial charge in [0.1, 0.15) is 17.0 Å². The largest absolute Gasteiger partial charge is 0.369 e. The summed E-state index contributed by atoms with van der Waals surface area (Å²) in [7, 11) is 0. The van der Waals surface area contributed by atoms with Crippen molar-refractivity contribution >= 4 is 38.7 Å². The molecule has 1 N–H and O–H groups in total. The fourth-order valence-corrected chi connectivity index (χ4v) is 3.18. The van der Waals surface area contributed by atoms with Gasteiger partial charge in [-0.2, -0.15) is 0 Å². The first-order valence-electron chi connectivity index (χ1n) is 5.66. The van der Waals surface area contributed by atoms with Crippen LogP contribution in [0.15, 0.2) is 29.4 Å². The molecule has 0 saturated carbocycles. The molecule has 18 heavy (non-hydrogen) atoms. The third-order valence-electron chi connectivity index (χ3n) is 2.71. The highest BCUT2D eigenvalue weighted by Crippen LogP contribution is 2.25. The number of thiazole rings is 1. The Hall–Kier alpha value is -1.53. The minimum Gasteiger partial charge on any atom is -0.369 e. The van der Waals surface area contributed by atoms with Crippen molar-refractivity contribution in [2.45, 2.75) is 12.8 Å². The number of nitrogens with zero attached hydrogens (tertiary/aromatic N) is 3. The van der Waals surface area contributed by atoms with E-state index in [-0.39, 0.29) is 0 Å². The summed E-state index contributed by atoms with van der Waals surface area (Å²) in [6, 6.07) is 2.05. The highest BCUT2D eigenvalue weighted by atomic mass is 32.1. The normalized spacial score (nSPS) is 12.7. The quantitative estimate of drug-likeness (QED) is 0.794. The van der Waals surface area contributed by atoms with E-state index in [0.717, 1.165) is 27.6 Å². The molecule has 3 aromatic rings. The Morgan fingerprint density at radius 2 is 2.17 bits per heavy atom. The molecule has 0 aliphatic rings. The zero-order valence-corrected chi connectivity index (χ0v) is 11.5. The number of rotatable bonds is 4. The SMILES string of the molecule is CC(CNc1ncnc2sccc12)c1nccs1. The van der Waals surface area contributed by atoms with Crippen molar-refractivity contribution < 1.29 is 0 Å². The number of fused-ring (bicyclic) bond motifs is 1. The van der Waals surface area contributed by atoms with E-state index in [1.165, 1.54) is 0 Å². The smallest absolute Gasteiger partial charge is 0.138 e. The van der Waals surface area contributed by atoms with E-state index in [4.69, 9.17) is 0 Å². The lowest BCUT2D eigenvalue weighted by Crippen LogP contribution is -2.10. The average molecular weight is 276 g/mol. The first-order chi connectivity index (χ1) is 8.84. The molecule has 4 nitrogen and oxygen atoms in total. The van der Waals surface area contributed by atoms with Crippen LogP contribution < -0.4 is 5.32 Å². The van der Waals surface area contributed by atoms with E-state index in [2.05, 4.69) is 33.3 Å². The summed E-state index contributed by atoms with van der Waals surface area (Å²) in [6.45, 7) is 2.99. The molecular weight excluding hydrogens is 264 g/mol. The van der Waals surface area contributed by atoms with Crippen molar-refractivity contribution in [2.24, 2.45) is 0 Å². The molecule has 3 rings (SSSR count). The second-order valence-electron chi connectivity index (χ2n) is 4.01. The van der Waals surface area contributed by atoms with Crippen LogP contribution in [0.5, 0.6) is 0 Å². The predicted molar refractivity (Wildman–Crippen MR) is 76.4 cm³/mol. The minimum atomic E-state index is 0.383. The molecule has 0 saturated heterocycles. The Kier molecular flexibility index (Phi) is 3.21. The lowest BCUT2D eigenvalue weighted by molar-refractivity contribution is 0.792. The summed E-state index contributed by atoms with van der Waals surface area (Å²) in [5, 5.41) is 9.67. The summed E-state index contributed by atoms with van der Waals surface area (Å²) in [4.78, 5) is 13.9. The molecule has 1 atom stereocenters. The molecule has 0 fully saturated rings. The van der Waals surface area contributed by atoms with Crippen LogP contribution in [0, 0.1) is 0 Å². The third kappa shape index (κ3) is 2.21. The number of nitrogens with one attached hydrogen (secondary N) is 1. The van der Waals surface area contributed by atoms with Crippen LogP contribution in [-0.4, -0.2) is 21.5 Å². The molecule has 0 aliphatic carbocycles. The minimum absolute atomic E-state index is 0.383. The Morgan fingerprint density at radius 3 is 3.00 bits per heavy atom. The van der Waals surface area contributed by atoms with Gasteiger partial charge in [0.2, 0.25) is 0 Å². The Morgan fingerprint density at radius 1 is 1.22 bits per heavy atom. The maximum absolute atomic E-state index is 4.33. The third-order valence-corrected chi connectivity index (χ3v) is 4.54. The van der Waals surface area contributed by atoms with Crippen LogP contribution in [0.2, 0.25) is 0 Å². The molecular formula is C12H12N4S2. The van der Waals surface area contributed by atoms with Crippen molar-refractivity contribution in [1.29, 1.82) is 0 Å². The van der Waals surface area contributed by atoms with Crippen LogP contribution in [0.25, 0.3) is 10.2 Å². The van der Waals surface area contributed by atoms with Crippen molar-refractivity contribution in [3.8, 4) is 0 Å². The fourth-order valence-electron chi connectivity index (χ4n) is 1.75. The molecule has 0 aromatic carbocycles. The molecule has 3 aromatic heterocycles. The molecule has 0 spiro atoms. The lowest BCUT2D eigenvalue weighted by Gasteiger charge is -2.10. The maximum Gasteiger partial charge on any atom is 0.138 e. The number of aromatic nitrogens is 3. The van der Waals surface area contributed by atoms with E-state index in [1.54, 1.807) is 29.0 Å². The van der Waals surface area contributed by atoms with E-state index in [9.17, 15) is 0 Å². The standard InChI is InChI=1S/C12H12N4S2/c1-8(11-13-3-5-18-11)6-14-10-9-2-4-17-12(9)16-7-15-10/h2-5,7-8H,6H2,1H3,(H,14,15,16). The van der Waals surface area contributed by atoms with E-state index in [1.807, 2.05) is 17.0 Å². The lowest BCUT2D eigenvalue weighted by atomic mass is 10.2. The first kappa shape index (κ1) is 11.6. The highest BCUT2D eigenvalue weighted by molar-refractivity contribution is 7.16. The Bertz CT molecular complexity index is 632. The zero-order chi connectivity index (χ0) is 12.4. The summed E-state index contributed by atoms with van der Waals surface area (Å²) < 4.78 is 0. The van der Waals surface area contributed by atoms with Crippen LogP contribution in [0.3, 0.4) is 0 Å². The molecule has 3 heterocycles. The number of anilines is 1. The molecule has 0 amide bonds. The van der Waals surface area contributed by atoms with Gasteiger partial charge in [0.15, 0.2) is 0 Å². The molecule has 6 heteroatoms. The average Bonchev–Trinajstić information content (AvgIpc) is 3.05. The van der Waals surface area contributed by atoms with Crippen molar-refractivity contribution in [3.63, 3.8) is 0 Å². The molecule has 0 aliphatic heterocycles. The Balaban J connectivity index is 1.75. The van der Waals surface area contributed by atoms with E-state index in [0.29, 0.717) is 5.92 Å². The van der Waals surface area contributed by atoms with Gasteiger partial charge in [0, 0.05) is 24.0 Å². The number of hydrogen-bond acceptors (Lipinski definition) is 6. The van der Waals surface area contributed by atoms with Crippen molar-refractivity contribution in [2.75, 3.05) is 11.9 Å². The van der Waals surface area contributed by atoms with Gasteiger partial charge in [0.05, 0.1) is 10.4 Å². The monoisotopic (exact) mass is 276 g/mol.